The van der Waals surface area contributed by atoms with Crippen LogP contribution in [-0.4, -0.2) is 35.2 Å². The molecular formula is C12H13N3O. The van der Waals surface area contributed by atoms with Crippen LogP contribution >= 0.6 is 0 Å². The lowest BCUT2D eigenvalue weighted by Gasteiger charge is -2.18. The Kier molecular flexibility index (Phi) is 2.72. The minimum Gasteiger partial charge on any atom is -0.376 e. The second-order valence-electron chi connectivity index (χ2n) is 3.71. The van der Waals surface area contributed by atoms with Crippen LogP contribution in [0.25, 0.3) is 0 Å². The van der Waals surface area contributed by atoms with Gasteiger partial charge in [-0.1, -0.05) is 0 Å². The van der Waals surface area contributed by atoms with Crippen molar-refractivity contribution < 1.29 is 4.79 Å². The Hall–Kier alpha value is -2.10. The Labute approximate surface area is 94.2 Å². The van der Waals surface area contributed by atoms with E-state index in [1.165, 1.54) is 6.08 Å². The molecule has 0 amide bonds. The molecule has 0 atom stereocenters. The predicted octanol–water partition coefficient (Wildman–Crippen LogP) is 1.28. The quantitative estimate of drug-likeness (QED) is 0.697. The summed E-state index contributed by atoms with van der Waals surface area (Å²) in [4.78, 5) is 13.2. The molecule has 1 aliphatic carbocycles. The highest BCUT2D eigenvalue weighted by molar-refractivity contribution is 6.19. The van der Waals surface area contributed by atoms with Gasteiger partial charge in [-0.25, -0.2) is 4.68 Å². The van der Waals surface area contributed by atoms with E-state index in [2.05, 4.69) is 5.10 Å². The van der Waals surface area contributed by atoms with Crippen molar-refractivity contribution in [2.24, 2.45) is 5.10 Å². The maximum Gasteiger partial charge on any atom is 0.180 e. The van der Waals surface area contributed by atoms with E-state index >= 15 is 0 Å². The van der Waals surface area contributed by atoms with Gasteiger partial charge in [0.1, 0.15) is 5.71 Å². The zero-order valence-electron chi connectivity index (χ0n) is 9.29. The van der Waals surface area contributed by atoms with E-state index in [1.54, 1.807) is 16.8 Å². The van der Waals surface area contributed by atoms with Crippen molar-refractivity contribution in [1.29, 1.82) is 0 Å². The Morgan fingerprint density at radius 1 is 1.19 bits per heavy atom. The predicted molar refractivity (Wildman–Crippen MR) is 63.2 cm³/mol. The highest BCUT2D eigenvalue weighted by Gasteiger charge is 2.13. The summed E-state index contributed by atoms with van der Waals surface area (Å²) in [6.07, 6.45) is 8.55. The molecule has 0 aliphatic heterocycles. The van der Waals surface area contributed by atoms with Gasteiger partial charge in [0.25, 0.3) is 0 Å². The van der Waals surface area contributed by atoms with Crippen LogP contribution in [0, 0.1) is 0 Å². The van der Waals surface area contributed by atoms with Crippen molar-refractivity contribution in [2.75, 3.05) is 14.1 Å². The number of hydrogen-bond acceptors (Lipinski definition) is 3. The fourth-order valence-corrected chi connectivity index (χ4v) is 1.46. The molecule has 82 valence electrons. The summed E-state index contributed by atoms with van der Waals surface area (Å²) in [6, 6.07) is 3.81. The highest BCUT2D eigenvalue weighted by atomic mass is 16.1. The molecule has 0 N–H and O–H groups in total. The second kappa shape index (κ2) is 4.18. The summed E-state index contributed by atoms with van der Waals surface area (Å²) in [5, 5.41) is 4.40. The normalized spacial score (nSPS) is 17.8. The van der Waals surface area contributed by atoms with Crippen molar-refractivity contribution in [3.05, 3.63) is 48.5 Å². The van der Waals surface area contributed by atoms with Gasteiger partial charge in [-0.15, -0.1) is 0 Å². The van der Waals surface area contributed by atoms with Gasteiger partial charge in [0, 0.05) is 32.6 Å². The van der Waals surface area contributed by atoms with Gasteiger partial charge in [0.05, 0.1) is 5.70 Å². The van der Waals surface area contributed by atoms with Crippen LogP contribution in [0.1, 0.15) is 0 Å². The average molecular weight is 215 g/mol. The van der Waals surface area contributed by atoms with Gasteiger partial charge in [-0.05, 0) is 24.3 Å². The summed E-state index contributed by atoms with van der Waals surface area (Å²) in [6.45, 7) is 0. The van der Waals surface area contributed by atoms with Crippen LogP contribution in [0.3, 0.4) is 0 Å². The minimum atomic E-state index is -0.00449. The number of hydrogen-bond donors (Lipinski definition) is 0. The molecular weight excluding hydrogens is 202 g/mol. The largest absolute Gasteiger partial charge is 0.376 e. The van der Waals surface area contributed by atoms with Crippen molar-refractivity contribution in [3.63, 3.8) is 0 Å². The molecule has 1 aromatic heterocycles. The van der Waals surface area contributed by atoms with E-state index in [9.17, 15) is 4.79 Å². The fourth-order valence-electron chi connectivity index (χ4n) is 1.46. The van der Waals surface area contributed by atoms with Crippen LogP contribution in [0.2, 0.25) is 0 Å². The van der Waals surface area contributed by atoms with Gasteiger partial charge in [0.15, 0.2) is 5.78 Å². The first-order valence-corrected chi connectivity index (χ1v) is 5.00. The zero-order valence-corrected chi connectivity index (χ0v) is 9.29. The van der Waals surface area contributed by atoms with Crippen LogP contribution in [-0.2, 0) is 4.79 Å². The molecule has 4 heteroatoms. The Morgan fingerprint density at radius 2 is 1.88 bits per heavy atom. The van der Waals surface area contributed by atoms with Gasteiger partial charge in [-0.3, -0.25) is 4.79 Å². The van der Waals surface area contributed by atoms with Gasteiger partial charge in [0.2, 0.25) is 0 Å². The summed E-state index contributed by atoms with van der Waals surface area (Å²) < 4.78 is 1.72. The van der Waals surface area contributed by atoms with Crippen molar-refractivity contribution in [3.8, 4) is 0 Å². The molecule has 4 nitrogen and oxygen atoms in total. The third-order valence-electron chi connectivity index (χ3n) is 2.24. The molecule has 0 unspecified atom stereocenters. The molecule has 0 saturated heterocycles. The number of ketones is 1. The van der Waals surface area contributed by atoms with E-state index in [-0.39, 0.29) is 5.78 Å². The number of aromatic nitrogens is 1. The molecule has 0 bridgehead atoms. The van der Waals surface area contributed by atoms with Crippen LogP contribution in [0.5, 0.6) is 0 Å². The molecule has 1 aromatic rings. The molecule has 0 fully saturated rings. The Morgan fingerprint density at radius 3 is 2.50 bits per heavy atom. The molecule has 1 aliphatic rings. The Bertz CT molecular complexity index is 478. The molecule has 0 aromatic carbocycles. The molecule has 0 saturated carbocycles. The lowest BCUT2D eigenvalue weighted by molar-refractivity contribution is -0.110. The van der Waals surface area contributed by atoms with Crippen LogP contribution in [0.4, 0.5) is 0 Å². The third kappa shape index (κ3) is 2.11. The number of carbonyl (C=O) groups is 1. The fraction of sp³-hybridized carbons (Fsp3) is 0.167. The van der Waals surface area contributed by atoms with Gasteiger partial charge in [-0.2, -0.15) is 5.10 Å². The number of allylic oxidation sites excluding steroid dienone is 3. The monoisotopic (exact) mass is 215 g/mol. The Balaban J connectivity index is 2.37. The third-order valence-corrected chi connectivity index (χ3v) is 2.24. The number of carbonyl (C=O) groups excluding carboxylic acids is 1. The van der Waals surface area contributed by atoms with Crippen molar-refractivity contribution in [1.82, 2.24) is 9.58 Å². The smallest absolute Gasteiger partial charge is 0.180 e. The molecule has 0 radical (unpaired) electrons. The standard InChI is InChI=1S/C12H13N3O/c1-14(2)12-9-10(16)5-6-11(12)13-15-7-3-4-8-15/h3-9H,1-2H3/b13-11-. The maximum atomic E-state index is 11.3. The van der Waals surface area contributed by atoms with Gasteiger partial charge < -0.3 is 4.90 Å². The summed E-state index contributed by atoms with van der Waals surface area (Å²) >= 11 is 0. The highest BCUT2D eigenvalue weighted by Crippen LogP contribution is 2.10. The SMILES string of the molecule is CN(C)C1=CC(=O)C=C/C1=N/n1cccc1. The van der Waals surface area contributed by atoms with Crippen LogP contribution in [0.15, 0.2) is 53.6 Å². The number of nitrogens with zero attached hydrogens (tertiary/aromatic N) is 3. The van der Waals surface area contributed by atoms with E-state index in [4.69, 9.17) is 0 Å². The first kappa shape index (κ1) is 10.4. The lowest BCUT2D eigenvalue weighted by Crippen LogP contribution is -2.22. The first-order chi connectivity index (χ1) is 7.66. The van der Waals surface area contributed by atoms with E-state index in [1.807, 2.05) is 43.5 Å². The molecule has 2 rings (SSSR count). The van der Waals surface area contributed by atoms with Crippen LogP contribution < -0.4 is 0 Å². The molecule has 16 heavy (non-hydrogen) atoms. The zero-order chi connectivity index (χ0) is 11.5. The van der Waals surface area contributed by atoms with E-state index < -0.39 is 0 Å². The minimum absolute atomic E-state index is 0.00449. The van der Waals surface area contributed by atoms with Crippen molar-refractivity contribution >= 4 is 11.5 Å². The molecule has 0 spiro atoms. The lowest BCUT2D eigenvalue weighted by atomic mass is 10.1. The first-order valence-electron chi connectivity index (χ1n) is 5.00. The topological polar surface area (TPSA) is 37.6 Å². The maximum absolute atomic E-state index is 11.3. The number of rotatable bonds is 2. The average Bonchev–Trinajstić information content (AvgIpc) is 2.73. The summed E-state index contributed by atoms with van der Waals surface area (Å²) in [7, 11) is 3.78. The second-order valence-corrected chi connectivity index (χ2v) is 3.71. The van der Waals surface area contributed by atoms with E-state index in [0.717, 1.165) is 11.4 Å². The van der Waals surface area contributed by atoms with Gasteiger partial charge >= 0.3 is 0 Å². The van der Waals surface area contributed by atoms with E-state index in [0.29, 0.717) is 0 Å². The summed E-state index contributed by atoms with van der Waals surface area (Å²) in [5.74, 6) is -0.00449. The van der Waals surface area contributed by atoms with Crippen molar-refractivity contribution in [2.45, 2.75) is 0 Å². The molecule has 1 heterocycles. The summed E-state index contributed by atoms with van der Waals surface area (Å²) in [5.41, 5.74) is 1.60.